The van der Waals surface area contributed by atoms with E-state index in [0.717, 1.165) is 0 Å². The minimum Gasteiger partial charge on any atom is -0.488 e. The zero-order valence-electron chi connectivity index (χ0n) is 17.2. The molecule has 2 aliphatic rings. The maximum Gasteiger partial charge on any atom is 0.339 e. The Bertz CT molecular complexity index is 1210. The summed E-state index contributed by atoms with van der Waals surface area (Å²) >= 11 is 0. The van der Waals surface area contributed by atoms with Gasteiger partial charge in [-0.25, -0.2) is 26.7 Å². The fourth-order valence-electron chi connectivity index (χ4n) is 4.27. The van der Waals surface area contributed by atoms with Gasteiger partial charge in [0.2, 0.25) is 10.0 Å². The molecule has 0 saturated heterocycles. The summed E-state index contributed by atoms with van der Waals surface area (Å²) in [6, 6.07) is 2.51. The molecule has 0 unspecified atom stereocenters. The Balaban J connectivity index is 1.92. The molecule has 31 heavy (non-hydrogen) atoms. The van der Waals surface area contributed by atoms with Gasteiger partial charge in [0.25, 0.3) is 0 Å². The number of nitrogens with one attached hydrogen (secondary N) is 2. The van der Waals surface area contributed by atoms with Crippen LogP contribution in [0.3, 0.4) is 0 Å². The van der Waals surface area contributed by atoms with Crippen LogP contribution in [0.2, 0.25) is 0 Å². The number of rotatable bonds is 3. The maximum atomic E-state index is 14.6. The van der Waals surface area contributed by atoms with Crippen LogP contribution in [0.15, 0.2) is 17.0 Å². The van der Waals surface area contributed by atoms with Gasteiger partial charge in [0.1, 0.15) is 22.8 Å². The number of fused-ring (bicyclic) bond motifs is 4. The van der Waals surface area contributed by atoms with E-state index < -0.39 is 33.2 Å². The third-order valence-corrected chi connectivity index (χ3v) is 7.13. The molecule has 2 aromatic rings. The summed E-state index contributed by atoms with van der Waals surface area (Å²) in [6.45, 7) is 5.43. The van der Waals surface area contributed by atoms with Crippen LogP contribution in [0.5, 0.6) is 5.75 Å². The fraction of sp³-hybridized carbons (Fsp3) is 0.381. The molecule has 0 saturated carbocycles. The molecule has 10 heteroatoms. The Morgan fingerprint density at radius 1 is 1.29 bits per heavy atom. The van der Waals surface area contributed by atoms with Gasteiger partial charge in [-0.15, -0.1) is 0 Å². The van der Waals surface area contributed by atoms with E-state index in [1.165, 1.54) is 19.1 Å². The van der Waals surface area contributed by atoms with E-state index in [4.69, 9.17) is 4.74 Å². The lowest BCUT2D eigenvalue weighted by Gasteiger charge is -2.25. The number of anilines is 1. The minimum absolute atomic E-state index is 0.00974. The van der Waals surface area contributed by atoms with Crippen molar-refractivity contribution in [2.75, 3.05) is 11.9 Å². The normalized spacial score (nSPS) is 18.8. The van der Waals surface area contributed by atoms with Gasteiger partial charge in [-0.3, -0.25) is 0 Å². The van der Waals surface area contributed by atoms with Crippen molar-refractivity contribution in [3.63, 3.8) is 0 Å². The van der Waals surface area contributed by atoms with Crippen LogP contribution in [0.1, 0.15) is 41.8 Å². The van der Waals surface area contributed by atoms with Crippen molar-refractivity contribution in [2.45, 2.75) is 44.7 Å². The number of aromatic carboxylic acids is 1. The quantitative estimate of drug-likeness (QED) is 0.657. The number of sulfonamides is 1. The van der Waals surface area contributed by atoms with Gasteiger partial charge in [0.05, 0.1) is 5.69 Å². The Labute approximate surface area is 178 Å². The summed E-state index contributed by atoms with van der Waals surface area (Å²) in [6.07, 6.45) is 0.630. The zero-order valence-corrected chi connectivity index (χ0v) is 18.0. The molecule has 0 radical (unpaired) electrons. The number of carbonyl (C=O) groups is 1. The van der Waals surface area contributed by atoms with Gasteiger partial charge in [-0.2, -0.15) is 0 Å². The molecule has 4 rings (SSSR count). The van der Waals surface area contributed by atoms with Gasteiger partial charge >= 0.3 is 5.97 Å². The highest BCUT2D eigenvalue weighted by atomic mass is 32.2. The van der Waals surface area contributed by atoms with E-state index in [9.17, 15) is 27.1 Å². The highest BCUT2D eigenvalue weighted by molar-refractivity contribution is 7.89. The number of hydrogen-bond acceptors (Lipinski definition) is 5. The molecule has 0 spiro atoms. The second kappa shape index (κ2) is 7.45. The fourth-order valence-corrected chi connectivity index (χ4v) is 5.70. The third-order valence-electron chi connectivity index (χ3n) is 5.57. The first kappa shape index (κ1) is 21.5. The first-order valence-electron chi connectivity index (χ1n) is 9.82. The van der Waals surface area contributed by atoms with Crippen LogP contribution >= 0.6 is 0 Å². The summed E-state index contributed by atoms with van der Waals surface area (Å²) in [4.78, 5) is 11.5. The number of halogens is 2. The van der Waals surface area contributed by atoms with Crippen molar-refractivity contribution in [1.82, 2.24) is 4.72 Å². The summed E-state index contributed by atoms with van der Waals surface area (Å²) < 4.78 is 63.4. The molecule has 2 heterocycles. The third kappa shape index (κ3) is 3.53. The Morgan fingerprint density at radius 3 is 2.65 bits per heavy atom. The lowest BCUT2D eigenvalue weighted by molar-refractivity contribution is 0.0689. The van der Waals surface area contributed by atoms with Gasteiger partial charge in [-0.1, -0.05) is 13.8 Å². The molecule has 3 N–H and O–H groups in total. The van der Waals surface area contributed by atoms with E-state index in [0.29, 0.717) is 18.7 Å². The molecule has 0 fully saturated rings. The summed E-state index contributed by atoms with van der Waals surface area (Å²) in [5.41, 5.74) is -0.241. The van der Waals surface area contributed by atoms with Crippen LogP contribution in [-0.2, 0) is 16.6 Å². The van der Waals surface area contributed by atoms with E-state index in [2.05, 4.69) is 10.0 Å². The predicted molar refractivity (Wildman–Crippen MR) is 110 cm³/mol. The van der Waals surface area contributed by atoms with Crippen LogP contribution in [0.4, 0.5) is 14.5 Å². The van der Waals surface area contributed by atoms with Gasteiger partial charge in [-0.05, 0) is 36.5 Å². The van der Waals surface area contributed by atoms with Gasteiger partial charge < -0.3 is 15.2 Å². The van der Waals surface area contributed by atoms with E-state index in [1.54, 1.807) is 0 Å². The monoisotopic (exact) mass is 452 g/mol. The van der Waals surface area contributed by atoms with Crippen LogP contribution in [0, 0.1) is 24.5 Å². The lowest BCUT2D eigenvalue weighted by atomic mass is 9.88. The average molecular weight is 452 g/mol. The summed E-state index contributed by atoms with van der Waals surface area (Å²) in [5, 5.41) is 12.5. The Kier molecular flexibility index (Phi) is 5.17. The smallest absolute Gasteiger partial charge is 0.339 e. The Hall–Kier alpha value is -2.72. The molecule has 0 aromatic heterocycles. The van der Waals surface area contributed by atoms with Crippen molar-refractivity contribution in [3.05, 3.63) is 40.5 Å². The molecule has 0 bridgehead atoms. The van der Waals surface area contributed by atoms with E-state index >= 15 is 0 Å². The first-order chi connectivity index (χ1) is 14.5. The first-order valence-corrected chi connectivity index (χ1v) is 11.3. The minimum atomic E-state index is -3.92. The number of carboxylic acids is 1. The molecule has 1 atom stereocenters. The van der Waals surface area contributed by atoms with E-state index in [1.807, 2.05) is 13.8 Å². The SMILES string of the molecule is Cc1c(C(=O)O)c(F)c(F)c2c1-c1cc3c(cc1OC2)NC[C@@H](CC(C)C)NS3(=O)=O. The Morgan fingerprint density at radius 2 is 2.00 bits per heavy atom. The molecule has 2 aliphatic heterocycles. The molecular weight excluding hydrogens is 430 g/mol. The standard InChI is InChI=1S/C21H22F2N2O5S/c1-9(2)4-11-7-24-14-6-15-12(5-16(14)31(28,29)25-11)17-10(3)18(21(26)27)20(23)19(22)13(17)8-30-15/h5-6,9,11,24-25H,4,7-8H2,1-3H3,(H,26,27)/t11-/m1/s1. The van der Waals surface area contributed by atoms with Gasteiger partial charge in [0.15, 0.2) is 11.6 Å². The van der Waals surface area contributed by atoms with Crippen LogP contribution in [0.25, 0.3) is 11.1 Å². The largest absolute Gasteiger partial charge is 0.488 e. The molecular formula is C21H22F2N2O5S. The number of ether oxygens (including phenoxy) is 1. The number of benzene rings is 2. The topological polar surface area (TPSA) is 105 Å². The molecule has 166 valence electrons. The second-order valence-corrected chi connectivity index (χ2v) is 9.93. The van der Waals surface area contributed by atoms with Crippen molar-refractivity contribution < 1.29 is 31.8 Å². The number of carboxylic acid groups (broad SMARTS) is 1. The summed E-state index contributed by atoms with van der Waals surface area (Å²) in [5.74, 6) is -3.84. The highest BCUT2D eigenvalue weighted by Crippen LogP contribution is 2.46. The number of hydrogen-bond donors (Lipinski definition) is 3. The van der Waals surface area contributed by atoms with E-state index in [-0.39, 0.29) is 51.5 Å². The maximum absolute atomic E-state index is 14.6. The molecule has 2 aromatic carbocycles. The zero-order chi connectivity index (χ0) is 22.7. The second-order valence-electron chi connectivity index (χ2n) is 8.25. The van der Waals surface area contributed by atoms with Gasteiger partial charge in [0, 0.05) is 29.8 Å². The summed E-state index contributed by atoms with van der Waals surface area (Å²) in [7, 11) is -3.92. The van der Waals surface area contributed by atoms with Crippen molar-refractivity contribution in [2.24, 2.45) is 5.92 Å². The van der Waals surface area contributed by atoms with Crippen molar-refractivity contribution in [3.8, 4) is 16.9 Å². The molecule has 0 amide bonds. The predicted octanol–water partition coefficient (Wildman–Crippen LogP) is 3.65. The van der Waals surface area contributed by atoms with Crippen molar-refractivity contribution in [1.29, 1.82) is 0 Å². The average Bonchev–Trinajstić information content (AvgIpc) is 2.79. The van der Waals surface area contributed by atoms with Crippen LogP contribution < -0.4 is 14.8 Å². The highest BCUT2D eigenvalue weighted by Gasteiger charge is 2.34. The van der Waals surface area contributed by atoms with Crippen LogP contribution in [-0.4, -0.2) is 32.1 Å². The molecule has 7 nitrogen and oxygen atoms in total. The lowest BCUT2D eigenvalue weighted by Crippen LogP contribution is -2.38. The van der Waals surface area contributed by atoms with Crippen molar-refractivity contribution >= 4 is 21.7 Å². The molecule has 0 aliphatic carbocycles.